The fourth-order valence-corrected chi connectivity index (χ4v) is 2.62. The van der Waals surface area contributed by atoms with E-state index >= 15 is 0 Å². The summed E-state index contributed by atoms with van der Waals surface area (Å²) in [6, 6.07) is 15.4. The molecule has 0 saturated heterocycles. The van der Waals surface area contributed by atoms with Gasteiger partial charge in [0.05, 0.1) is 23.0 Å². The third-order valence-corrected chi connectivity index (χ3v) is 4.11. The molecule has 0 aliphatic carbocycles. The van der Waals surface area contributed by atoms with E-state index in [1.54, 1.807) is 30.8 Å². The first kappa shape index (κ1) is 17.2. The van der Waals surface area contributed by atoms with Gasteiger partial charge in [-0.1, -0.05) is 30.3 Å². The number of phenolic OH excluding ortho intramolecular Hbond substituents is 1. The van der Waals surface area contributed by atoms with E-state index in [-0.39, 0.29) is 16.9 Å². The summed E-state index contributed by atoms with van der Waals surface area (Å²) in [6.07, 6.45) is 1.31. The second-order valence-corrected chi connectivity index (χ2v) is 5.69. The molecule has 1 heterocycles. The van der Waals surface area contributed by atoms with Crippen LogP contribution in [0.1, 0.15) is 21.6 Å². The van der Waals surface area contributed by atoms with Gasteiger partial charge < -0.3 is 5.11 Å². The zero-order valence-corrected chi connectivity index (χ0v) is 14.4. The SMILES string of the molecule is Cc1c(/C=N/NC(=O)c2ccccc2O)c(=O)n(-c2ccccc2)n1C. The van der Waals surface area contributed by atoms with Crippen LogP contribution in [0.4, 0.5) is 0 Å². The molecule has 0 unspecified atom stereocenters. The van der Waals surface area contributed by atoms with Crippen molar-refractivity contribution in [2.75, 3.05) is 0 Å². The Kier molecular flexibility index (Phi) is 4.70. The van der Waals surface area contributed by atoms with Crippen LogP contribution in [0.5, 0.6) is 5.75 Å². The van der Waals surface area contributed by atoms with Crippen molar-refractivity contribution in [3.63, 3.8) is 0 Å². The fourth-order valence-electron chi connectivity index (χ4n) is 2.62. The Bertz CT molecular complexity index is 1030. The van der Waals surface area contributed by atoms with Crippen LogP contribution in [0.25, 0.3) is 5.69 Å². The Hall–Kier alpha value is -3.61. The molecule has 7 heteroatoms. The van der Waals surface area contributed by atoms with Crippen LogP contribution >= 0.6 is 0 Å². The van der Waals surface area contributed by atoms with Gasteiger partial charge in [-0.25, -0.2) is 10.1 Å². The molecule has 0 aliphatic heterocycles. The Labute approximate surface area is 149 Å². The first-order valence-corrected chi connectivity index (χ1v) is 7.96. The lowest BCUT2D eigenvalue weighted by Gasteiger charge is -2.07. The average molecular weight is 350 g/mol. The predicted molar refractivity (Wildman–Crippen MR) is 98.9 cm³/mol. The first-order valence-electron chi connectivity index (χ1n) is 7.96. The lowest BCUT2D eigenvalue weighted by molar-refractivity contribution is 0.0952. The minimum atomic E-state index is -0.559. The van der Waals surface area contributed by atoms with Crippen molar-refractivity contribution in [2.24, 2.45) is 12.1 Å². The Morgan fingerprint density at radius 1 is 1.12 bits per heavy atom. The number of rotatable bonds is 4. The lowest BCUT2D eigenvalue weighted by Crippen LogP contribution is -2.21. The summed E-state index contributed by atoms with van der Waals surface area (Å²) >= 11 is 0. The predicted octanol–water partition coefficient (Wildman–Crippen LogP) is 1.95. The summed E-state index contributed by atoms with van der Waals surface area (Å²) < 4.78 is 3.26. The monoisotopic (exact) mass is 350 g/mol. The zero-order chi connectivity index (χ0) is 18.7. The Morgan fingerprint density at radius 2 is 1.77 bits per heavy atom. The summed E-state index contributed by atoms with van der Waals surface area (Å²) in [5, 5.41) is 13.5. The molecule has 0 radical (unpaired) electrons. The van der Waals surface area contributed by atoms with Crippen LogP contribution in [-0.2, 0) is 7.05 Å². The van der Waals surface area contributed by atoms with Crippen molar-refractivity contribution in [3.8, 4) is 11.4 Å². The minimum absolute atomic E-state index is 0.108. The lowest BCUT2D eigenvalue weighted by atomic mass is 10.2. The average Bonchev–Trinajstić information content (AvgIpc) is 2.86. The highest BCUT2D eigenvalue weighted by Gasteiger charge is 2.15. The number of phenols is 1. The summed E-state index contributed by atoms with van der Waals surface area (Å²) in [5.41, 5.74) is 4.01. The number of hydrogen-bond acceptors (Lipinski definition) is 4. The minimum Gasteiger partial charge on any atom is -0.507 e. The number of aromatic nitrogens is 2. The number of aromatic hydroxyl groups is 1. The highest BCUT2D eigenvalue weighted by molar-refractivity contribution is 5.97. The van der Waals surface area contributed by atoms with Gasteiger partial charge in [0.2, 0.25) is 0 Å². The largest absolute Gasteiger partial charge is 0.507 e. The third kappa shape index (κ3) is 3.14. The van der Waals surface area contributed by atoms with E-state index in [1.807, 2.05) is 30.3 Å². The normalized spacial score (nSPS) is 11.0. The number of carbonyl (C=O) groups excluding carboxylic acids is 1. The van der Waals surface area contributed by atoms with E-state index in [1.165, 1.54) is 23.0 Å². The van der Waals surface area contributed by atoms with Crippen LogP contribution < -0.4 is 11.0 Å². The fraction of sp³-hybridized carbons (Fsp3) is 0.105. The second-order valence-electron chi connectivity index (χ2n) is 5.69. The molecular weight excluding hydrogens is 332 g/mol. The highest BCUT2D eigenvalue weighted by atomic mass is 16.3. The van der Waals surface area contributed by atoms with Gasteiger partial charge in [0.25, 0.3) is 11.5 Å². The molecule has 2 N–H and O–H groups in total. The van der Waals surface area contributed by atoms with Gasteiger partial charge in [-0.3, -0.25) is 14.3 Å². The van der Waals surface area contributed by atoms with Gasteiger partial charge in [-0.05, 0) is 31.2 Å². The molecule has 0 fully saturated rings. The molecule has 0 bridgehead atoms. The number of carbonyl (C=O) groups is 1. The molecule has 7 nitrogen and oxygen atoms in total. The van der Waals surface area contributed by atoms with E-state index in [0.29, 0.717) is 11.3 Å². The molecule has 3 rings (SSSR count). The first-order chi connectivity index (χ1) is 12.5. The maximum atomic E-state index is 12.7. The van der Waals surface area contributed by atoms with E-state index in [0.717, 1.165) is 5.69 Å². The number of amides is 1. The smallest absolute Gasteiger partial charge is 0.280 e. The molecule has 0 aliphatic rings. The van der Waals surface area contributed by atoms with Crippen molar-refractivity contribution in [1.29, 1.82) is 0 Å². The topological polar surface area (TPSA) is 88.6 Å². The van der Waals surface area contributed by atoms with Crippen LogP contribution in [0.2, 0.25) is 0 Å². The van der Waals surface area contributed by atoms with Crippen molar-refractivity contribution < 1.29 is 9.90 Å². The quantitative estimate of drug-likeness (QED) is 0.557. The number of para-hydroxylation sites is 2. The van der Waals surface area contributed by atoms with E-state index < -0.39 is 5.91 Å². The van der Waals surface area contributed by atoms with Crippen molar-refractivity contribution in [3.05, 3.63) is 81.8 Å². The van der Waals surface area contributed by atoms with Crippen LogP contribution in [0, 0.1) is 6.92 Å². The van der Waals surface area contributed by atoms with Gasteiger partial charge in [-0.15, -0.1) is 0 Å². The van der Waals surface area contributed by atoms with Gasteiger partial charge in [0.15, 0.2) is 0 Å². The molecule has 0 atom stereocenters. The zero-order valence-electron chi connectivity index (χ0n) is 14.4. The van der Waals surface area contributed by atoms with Gasteiger partial charge >= 0.3 is 0 Å². The maximum Gasteiger partial charge on any atom is 0.280 e. The highest BCUT2D eigenvalue weighted by Crippen LogP contribution is 2.15. The number of hydrazone groups is 1. The number of nitrogens with one attached hydrogen (secondary N) is 1. The van der Waals surface area contributed by atoms with Crippen molar-refractivity contribution in [2.45, 2.75) is 6.92 Å². The molecule has 132 valence electrons. The summed E-state index contributed by atoms with van der Waals surface area (Å²) in [7, 11) is 1.78. The standard InChI is InChI=1S/C19H18N4O3/c1-13-16(12-20-21-18(25)15-10-6-7-11-17(15)24)19(26)23(22(13)2)14-8-4-3-5-9-14/h3-12,24H,1-2H3,(H,21,25)/b20-12+. The molecule has 1 aromatic heterocycles. The van der Waals surface area contributed by atoms with Gasteiger partial charge in [-0.2, -0.15) is 5.10 Å². The molecule has 1 amide bonds. The van der Waals surface area contributed by atoms with E-state index in [9.17, 15) is 14.7 Å². The molecule has 0 saturated carbocycles. The second kappa shape index (κ2) is 7.10. The Morgan fingerprint density at radius 3 is 2.46 bits per heavy atom. The summed E-state index contributed by atoms with van der Waals surface area (Å²) in [6.45, 7) is 1.80. The van der Waals surface area contributed by atoms with Crippen LogP contribution in [-0.4, -0.2) is 26.6 Å². The molecule has 3 aromatic rings. The third-order valence-electron chi connectivity index (χ3n) is 4.11. The molecule has 0 spiro atoms. The maximum absolute atomic E-state index is 12.7. The molecule has 26 heavy (non-hydrogen) atoms. The van der Waals surface area contributed by atoms with Crippen molar-refractivity contribution in [1.82, 2.24) is 14.8 Å². The number of hydrogen-bond donors (Lipinski definition) is 2. The van der Waals surface area contributed by atoms with E-state index in [2.05, 4.69) is 10.5 Å². The number of nitrogens with zero attached hydrogens (tertiary/aromatic N) is 3. The van der Waals surface area contributed by atoms with Gasteiger partial charge in [0.1, 0.15) is 5.75 Å². The van der Waals surface area contributed by atoms with Crippen LogP contribution in [0.3, 0.4) is 0 Å². The molecule has 2 aromatic carbocycles. The summed E-state index contributed by atoms with van der Waals surface area (Å²) in [5.74, 6) is -0.696. The summed E-state index contributed by atoms with van der Waals surface area (Å²) in [4.78, 5) is 24.8. The van der Waals surface area contributed by atoms with Crippen LogP contribution in [0.15, 0.2) is 64.5 Å². The molecular formula is C19H18N4O3. The van der Waals surface area contributed by atoms with E-state index in [4.69, 9.17) is 0 Å². The van der Waals surface area contributed by atoms with Gasteiger partial charge in [0, 0.05) is 12.7 Å². The van der Waals surface area contributed by atoms with Crippen molar-refractivity contribution >= 4 is 12.1 Å². The Balaban J connectivity index is 1.87. The number of benzene rings is 2.